The first kappa shape index (κ1) is 78.0. The first-order valence-electron chi connectivity index (χ1n) is 31.1. The Morgan fingerprint density at radius 2 is 0.927 bits per heavy atom. The Bertz CT molecular complexity index is 3170. The van der Waals surface area contributed by atoms with Gasteiger partial charge in [-0.15, -0.1) is 0 Å². The molecule has 25 N–H and O–H groups in total. The zero-order valence-corrected chi connectivity index (χ0v) is 53.4. The fourth-order valence-corrected chi connectivity index (χ4v) is 10.4. The fraction of sp³-hybridized carbons (Fsp3) is 0.484. The molecule has 0 aromatic heterocycles. The van der Waals surface area contributed by atoms with Crippen molar-refractivity contribution < 1.29 is 73.2 Å². The van der Waals surface area contributed by atoms with Gasteiger partial charge in [0.2, 0.25) is 53.2 Å². The van der Waals surface area contributed by atoms with Gasteiger partial charge in [-0.2, -0.15) is 0 Å². The highest BCUT2D eigenvalue weighted by Gasteiger charge is 2.46. The number of aliphatic carboxylic acids is 2. The Morgan fingerprint density at radius 1 is 0.531 bits per heavy atom. The number of rotatable bonds is 36. The van der Waals surface area contributed by atoms with Gasteiger partial charge in [0.05, 0.1) is 25.3 Å². The molecule has 0 radical (unpaired) electrons. The van der Waals surface area contributed by atoms with Gasteiger partial charge >= 0.3 is 5.97 Å². The molecule has 5 rings (SSSR count). The number of guanidine groups is 3. The van der Waals surface area contributed by atoms with Crippen LogP contribution in [0.5, 0.6) is 0 Å². The first-order valence-corrected chi connectivity index (χ1v) is 31.1. The molecular weight excluding hydrogens is 1250 g/mol. The van der Waals surface area contributed by atoms with Crippen LogP contribution in [0.1, 0.15) is 81.4 Å². The standard InChI is InChI=1S/C60H87N19O13.C2H4O2/c61-39(20-10-24-68-58(62)63)49(83)73-40(21-11-25-69-59(64)65)55(89)78-27-13-23-46(78)56(90)79-33-38(81)31-47(79)54(88)71-32-48(82)72-42(28-35-14-4-1-5-15-35)50(84)77-45(34-80)53(87)76-44(30-37-18-8-3-9-19-37)52(86)75-43(29-36-16-6-2-7-17-36)51(85)74-41(57(91)92)22-12-26-70-60(66)67;1-2(3)4/h1-9,14-19,38-47,80-81H,10-13,20-34,61H2,(H,71,88)(H,72,82)(H,73,83)(H,74,85)(H,75,86)(H,76,87)(H,77,84)(H,91,92)(H4,62,63,68)(H4,64,65,69)(H4,66,67,70);1H3,(H,3,4). The van der Waals surface area contributed by atoms with Crippen LogP contribution in [-0.2, 0) is 72.0 Å². The van der Waals surface area contributed by atoms with Crippen molar-refractivity contribution in [2.45, 2.75) is 144 Å². The molecule has 2 fully saturated rings. The monoisotopic (exact) mass is 1340 g/mol. The number of benzene rings is 3. The van der Waals surface area contributed by atoms with Crippen LogP contribution < -0.4 is 77.4 Å². The third kappa shape index (κ3) is 27.6. The molecule has 9 amide bonds. The van der Waals surface area contributed by atoms with E-state index in [-0.39, 0.29) is 115 Å². The average Bonchev–Trinajstić information content (AvgIpc) is 1.64. The molecule has 34 nitrogen and oxygen atoms in total. The number of likely N-dealkylation sites (tertiary alicyclic amines) is 2. The summed E-state index contributed by atoms with van der Waals surface area (Å²) in [6.45, 7) is -0.438. The highest BCUT2D eigenvalue weighted by molar-refractivity contribution is 5.98. The van der Waals surface area contributed by atoms with Crippen LogP contribution in [-0.4, -0.2) is 220 Å². The molecular formula is C62H91N19O15. The van der Waals surface area contributed by atoms with E-state index >= 15 is 0 Å². The summed E-state index contributed by atoms with van der Waals surface area (Å²) in [4.78, 5) is 162. The lowest BCUT2D eigenvalue weighted by Crippen LogP contribution is -2.60. The van der Waals surface area contributed by atoms with Crippen LogP contribution >= 0.6 is 0 Å². The summed E-state index contributed by atoms with van der Waals surface area (Å²) >= 11 is 0. The largest absolute Gasteiger partial charge is 0.481 e. The van der Waals surface area contributed by atoms with E-state index in [1.807, 2.05) is 0 Å². The van der Waals surface area contributed by atoms with Crippen LogP contribution in [0, 0.1) is 0 Å². The normalized spacial score (nSPS) is 16.9. The summed E-state index contributed by atoms with van der Waals surface area (Å²) in [5.41, 5.74) is 40.4. The zero-order chi connectivity index (χ0) is 70.9. The molecule has 2 aliphatic rings. The van der Waals surface area contributed by atoms with Gasteiger partial charge in [-0.25, -0.2) is 4.79 Å². The number of carboxylic acids is 2. The van der Waals surface area contributed by atoms with E-state index in [0.717, 1.165) is 11.8 Å². The Kier molecular flexibility index (Phi) is 33.0. The maximum absolute atomic E-state index is 14.4. The van der Waals surface area contributed by atoms with Crippen LogP contribution in [0.15, 0.2) is 106 Å². The Balaban J connectivity index is 0.00000476. The third-order valence-electron chi connectivity index (χ3n) is 15.1. The van der Waals surface area contributed by atoms with Gasteiger partial charge in [-0.1, -0.05) is 91.0 Å². The topological polar surface area (TPSA) is 579 Å². The maximum atomic E-state index is 14.4. The van der Waals surface area contributed by atoms with E-state index in [1.54, 1.807) is 91.0 Å². The number of carboxylic acid groups (broad SMARTS) is 2. The minimum atomic E-state index is -1.75. The lowest BCUT2D eigenvalue weighted by atomic mass is 10.0. The fourth-order valence-electron chi connectivity index (χ4n) is 10.4. The summed E-state index contributed by atoms with van der Waals surface area (Å²) in [6.07, 6.45) is -0.323. The molecule has 3 aromatic carbocycles. The van der Waals surface area contributed by atoms with E-state index in [1.165, 1.54) is 4.90 Å². The number of aliphatic hydroxyl groups excluding tert-OH is 2. The Morgan fingerprint density at radius 3 is 1.36 bits per heavy atom. The molecule has 524 valence electrons. The summed E-state index contributed by atoms with van der Waals surface area (Å²) in [5.74, 6) is -10.1. The second-order valence-electron chi connectivity index (χ2n) is 22.8. The lowest BCUT2D eigenvalue weighted by molar-refractivity contribution is -0.148. The van der Waals surface area contributed by atoms with Crippen molar-refractivity contribution in [2.24, 2.45) is 55.1 Å². The van der Waals surface area contributed by atoms with Crippen molar-refractivity contribution in [2.75, 3.05) is 45.9 Å². The van der Waals surface area contributed by atoms with Gasteiger partial charge in [0.25, 0.3) is 5.97 Å². The van der Waals surface area contributed by atoms with Crippen molar-refractivity contribution in [3.63, 3.8) is 0 Å². The van der Waals surface area contributed by atoms with Crippen LogP contribution in [0.4, 0.5) is 0 Å². The van der Waals surface area contributed by atoms with Gasteiger partial charge in [-0.05, 0) is 68.1 Å². The molecule has 3 aromatic rings. The molecule has 96 heavy (non-hydrogen) atoms. The molecule has 2 saturated heterocycles. The first-order chi connectivity index (χ1) is 45.7. The molecule has 2 heterocycles. The molecule has 10 atom stereocenters. The van der Waals surface area contributed by atoms with Crippen LogP contribution in [0.3, 0.4) is 0 Å². The molecule has 10 unspecified atom stereocenters. The average molecular weight is 1340 g/mol. The van der Waals surface area contributed by atoms with E-state index in [9.17, 15) is 63.3 Å². The van der Waals surface area contributed by atoms with Gasteiger partial charge in [0.1, 0.15) is 48.3 Å². The smallest absolute Gasteiger partial charge is 0.326 e. The van der Waals surface area contributed by atoms with Crippen molar-refractivity contribution in [1.82, 2.24) is 47.0 Å². The van der Waals surface area contributed by atoms with Crippen molar-refractivity contribution in [3.8, 4) is 0 Å². The molecule has 2 aliphatic heterocycles. The minimum Gasteiger partial charge on any atom is -0.481 e. The number of nitrogens with two attached hydrogens (primary N) is 7. The van der Waals surface area contributed by atoms with E-state index in [4.69, 9.17) is 50.0 Å². The number of nitrogens with one attached hydrogen (secondary N) is 7. The predicted molar refractivity (Wildman–Crippen MR) is 352 cm³/mol. The van der Waals surface area contributed by atoms with E-state index in [0.29, 0.717) is 29.5 Å². The number of aliphatic hydroxyl groups is 2. The number of amides is 9. The summed E-state index contributed by atoms with van der Waals surface area (Å²) in [5, 5.41) is 56.8. The van der Waals surface area contributed by atoms with Gasteiger partial charge in [0.15, 0.2) is 17.9 Å². The van der Waals surface area contributed by atoms with Gasteiger partial charge < -0.3 is 108 Å². The number of hydrogen-bond acceptors (Lipinski definition) is 17. The number of aliphatic imine (C=N–C) groups is 3. The minimum absolute atomic E-state index is 0.0596. The molecule has 0 aliphatic carbocycles. The molecule has 34 heteroatoms. The highest BCUT2D eigenvalue weighted by atomic mass is 16.4. The van der Waals surface area contributed by atoms with Crippen LogP contribution in [0.2, 0.25) is 0 Å². The van der Waals surface area contributed by atoms with Crippen molar-refractivity contribution >= 4 is 83.0 Å². The van der Waals surface area contributed by atoms with E-state index < -0.39 is 139 Å². The summed E-state index contributed by atoms with van der Waals surface area (Å²) in [7, 11) is 0. The second kappa shape index (κ2) is 40.6. The quantitative estimate of drug-likeness (QED) is 0.0147. The summed E-state index contributed by atoms with van der Waals surface area (Å²) < 4.78 is 0. The lowest BCUT2D eigenvalue weighted by Gasteiger charge is -2.33. The molecule has 0 saturated carbocycles. The second-order valence-corrected chi connectivity index (χ2v) is 22.8. The summed E-state index contributed by atoms with van der Waals surface area (Å²) in [6, 6.07) is 13.3. The predicted octanol–water partition coefficient (Wildman–Crippen LogP) is -5.65. The number of β-amino-alcohol motifs (C(OH)–C–C–N with tert-alkyl or cyclic N) is 1. The van der Waals surface area contributed by atoms with Crippen molar-refractivity contribution in [1.29, 1.82) is 0 Å². The number of nitrogens with zero attached hydrogens (tertiary/aromatic N) is 5. The number of carbonyl (C=O) groups excluding carboxylic acids is 9. The number of carbonyl (C=O) groups is 11. The Labute approximate surface area is 554 Å². The molecule has 0 spiro atoms. The molecule has 0 bridgehead atoms. The van der Waals surface area contributed by atoms with Crippen molar-refractivity contribution in [3.05, 3.63) is 108 Å². The van der Waals surface area contributed by atoms with Gasteiger partial charge in [0, 0.05) is 65.3 Å². The van der Waals surface area contributed by atoms with Gasteiger partial charge in [-0.3, -0.25) is 62.9 Å². The maximum Gasteiger partial charge on any atom is 0.326 e. The third-order valence-corrected chi connectivity index (χ3v) is 15.1. The Hall–Kier alpha value is -10.5. The van der Waals surface area contributed by atoms with Crippen LogP contribution in [0.25, 0.3) is 0 Å². The zero-order valence-electron chi connectivity index (χ0n) is 53.4. The number of hydrogen-bond donors (Lipinski definition) is 18. The SMILES string of the molecule is CC(=O)O.NC(N)=NCCCC(N)C(=O)NC(CCCN=C(N)N)C(=O)N1CCCC1C(=O)N1CC(O)CC1C(=O)NCC(=O)NC(Cc1ccccc1)C(=O)NC(CO)C(=O)NC(Cc1ccccc1)C(=O)NC(Cc1ccccc1)C(=O)NC(CCCN=C(N)N)C(=O)O. The van der Waals surface area contributed by atoms with E-state index in [2.05, 4.69) is 52.2 Å². The highest BCUT2D eigenvalue weighted by Crippen LogP contribution is 2.27.